The number of hydrogen-bond donors (Lipinski definition) is 2. The van der Waals surface area contributed by atoms with Gasteiger partial charge in [0.25, 0.3) is 11.6 Å². The van der Waals surface area contributed by atoms with Crippen LogP contribution in [0.5, 0.6) is 0 Å². The van der Waals surface area contributed by atoms with Gasteiger partial charge in [-0.25, -0.2) is 0 Å². The number of nitro benzene ring substituents is 1. The number of hydrogen-bond acceptors (Lipinski definition) is 7. The van der Waals surface area contributed by atoms with Crippen LogP contribution in [0.4, 0.5) is 11.4 Å². The van der Waals surface area contributed by atoms with Crippen LogP contribution >= 0.6 is 12.2 Å². The molecule has 1 amide bonds. The van der Waals surface area contributed by atoms with E-state index < -0.39 is 10.8 Å². The Bertz CT molecular complexity index is 1960. The molecule has 0 atom stereocenters. The van der Waals surface area contributed by atoms with Crippen molar-refractivity contribution in [2.45, 2.75) is 6.92 Å². The maximum atomic E-state index is 12.8. The number of thiocarbonyl (C=S) groups is 1. The first-order valence-corrected chi connectivity index (χ1v) is 12.6. The topological polar surface area (TPSA) is 128 Å². The molecule has 0 radical (unpaired) electrons. The number of non-ortho nitro benzene ring substituents is 1. The number of nitrogens with zero attached hydrogens (tertiary/aromatic N) is 4. The van der Waals surface area contributed by atoms with E-state index >= 15 is 0 Å². The van der Waals surface area contributed by atoms with E-state index in [9.17, 15) is 14.9 Å². The van der Waals surface area contributed by atoms with E-state index in [0.717, 1.165) is 27.5 Å². The molecule has 2 N–H and O–H groups in total. The maximum absolute atomic E-state index is 12.8. The van der Waals surface area contributed by atoms with Crippen molar-refractivity contribution < 1.29 is 14.1 Å². The lowest BCUT2D eigenvalue weighted by Gasteiger charge is -2.10. The normalized spacial score (nSPS) is 11.0. The van der Waals surface area contributed by atoms with Crippen molar-refractivity contribution in [1.82, 2.24) is 20.3 Å². The fraction of sp³-hybridized carbons (Fsp3) is 0.0345. The first kappa shape index (κ1) is 24.9. The fourth-order valence-electron chi connectivity index (χ4n) is 4.40. The highest BCUT2D eigenvalue weighted by molar-refractivity contribution is 7.80. The Morgan fingerprint density at radius 3 is 2.52 bits per heavy atom. The summed E-state index contributed by atoms with van der Waals surface area (Å²) in [7, 11) is 0. The zero-order valence-corrected chi connectivity index (χ0v) is 21.8. The Balaban J connectivity index is 1.19. The third kappa shape index (κ3) is 4.76. The summed E-state index contributed by atoms with van der Waals surface area (Å²) in [5, 5.41) is 28.3. The molecule has 11 heteroatoms. The van der Waals surface area contributed by atoms with Crippen LogP contribution in [-0.2, 0) is 0 Å². The Labute approximate surface area is 232 Å². The summed E-state index contributed by atoms with van der Waals surface area (Å²) < 4.78 is 5.63. The largest absolute Gasteiger partial charge is 0.451 e. The van der Waals surface area contributed by atoms with E-state index in [4.69, 9.17) is 16.6 Å². The second kappa shape index (κ2) is 10.0. The lowest BCUT2D eigenvalue weighted by atomic mass is 10.1. The van der Waals surface area contributed by atoms with Gasteiger partial charge in [-0.2, -0.15) is 0 Å². The number of carbonyl (C=O) groups is 1. The molecule has 40 heavy (non-hydrogen) atoms. The SMILES string of the molecule is Cc1cc2nn(-c3cccc4ccccc34)nc2cc1NC(=S)NC(=O)c1ccc(-c2cccc([N+](=O)[O-])c2)o1. The van der Waals surface area contributed by atoms with Gasteiger partial charge in [0.1, 0.15) is 16.8 Å². The monoisotopic (exact) mass is 548 g/mol. The summed E-state index contributed by atoms with van der Waals surface area (Å²) in [5.74, 6) is -0.228. The third-order valence-corrected chi connectivity index (χ3v) is 6.56. The van der Waals surface area contributed by atoms with E-state index in [1.807, 2.05) is 61.5 Å². The molecule has 10 nitrogen and oxygen atoms in total. The molecule has 0 aliphatic rings. The Morgan fingerprint density at radius 1 is 0.950 bits per heavy atom. The molecule has 2 aromatic heterocycles. The fourth-order valence-corrected chi connectivity index (χ4v) is 4.60. The van der Waals surface area contributed by atoms with Crippen molar-refractivity contribution in [2.24, 2.45) is 0 Å². The number of aryl methyl sites for hydroxylation is 1. The molecular formula is C29H20N6O4S. The number of furan rings is 1. The number of amides is 1. The average Bonchev–Trinajstić information content (AvgIpc) is 3.61. The van der Waals surface area contributed by atoms with E-state index in [2.05, 4.69) is 20.8 Å². The van der Waals surface area contributed by atoms with Gasteiger partial charge >= 0.3 is 0 Å². The van der Waals surface area contributed by atoms with Gasteiger partial charge in [0, 0.05) is 28.8 Å². The van der Waals surface area contributed by atoms with Crippen LogP contribution in [0.1, 0.15) is 16.1 Å². The summed E-state index contributed by atoms with van der Waals surface area (Å²) >= 11 is 5.37. The zero-order chi connectivity index (χ0) is 27.8. The highest BCUT2D eigenvalue weighted by Gasteiger charge is 2.17. The number of nitro groups is 1. The molecule has 6 rings (SSSR count). The van der Waals surface area contributed by atoms with Gasteiger partial charge in [-0.3, -0.25) is 20.2 Å². The molecule has 0 unspecified atom stereocenters. The maximum Gasteiger partial charge on any atom is 0.293 e. The molecule has 196 valence electrons. The lowest BCUT2D eigenvalue weighted by molar-refractivity contribution is -0.384. The predicted molar refractivity (Wildman–Crippen MR) is 156 cm³/mol. The van der Waals surface area contributed by atoms with E-state index in [-0.39, 0.29) is 16.6 Å². The number of anilines is 1. The summed E-state index contributed by atoms with van der Waals surface area (Å²) in [4.78, 5) is 24.9. The quantitative estimate of drug-likeness (QED) is 0.149. The van der Waals surface area contributed by atoms with Crippen molar-refractivity contribution in [3.63, 3.8) is 0 Å². The minimum atomic E-state index is -0.560. The highest BCUT2D eigenvalue weighted by Crippen LogP contribution is 2.27. The van der Waals surface area contributed by atoms with Crippen LogP contribution in [0.3, 0.4) is 0 Å². The number of benzene rings is 4. The Kier molecular flexibility index (Phi) is 6.25. The molecule has 6 aromatic rings. The van der Waals surface area contributed by atoms with E-state index in [1.165, 1.54) is 18.2 Å². The minimum Gasteiger partial charge on any atom is -0.451 e. The van der Waals surface area contributed by atoms with Crippen LogP contribution < -0.4 is 10.6 Å². The molecule has 2 heterocycles. The van der Waals surface area contributed by atoms with Gasteiger partial charge in [-0.15, -0.1) is 15.0 Å². The number of aromatic nitrogens is 3. The van der Waals surface area contributed by atoms with Crippen LogP contribution in [0, 0.1) is 17.0 Å². The second-order valence-electron chi connectivity index (χ2n) is 9.02. The predicted octanol–water partition coefficient (Wildman–Crippen LogP) is 6.18. The van der Waals surface area contributed by atoms with Gasteiger partial charge in [0.15, 0.2) is 10.9 Å². The van der Waals surface area contributed by atoms with Crippen LogP contribution in [0.25, 0.3) is 38.8 Å². The molecule has 4 aromatic carbocycles. The van der Waals surface area contributed by atoms with Crippen molar-refractivity contribution in [3.05, 3.63) is 112 Å². The number of rotatable bonds is 5. The molecule has 0 saturated heterocycles. The van der Waals surface area contributed by atoms with Crippen LogP contribution in [0.15, 0.2) is 95.4 Å². The van der Waals surface area contributed by atoms with E-state index in [0.29, 0.717) is 22.5 Å². The highest BCUT2D eigenvalue weighted by atomic mass is 32.1. The number of carbonyl (C=O) groups excluding carboxylic acids is 1. The zero-order valence-electron chi connectivity index (χ0n) is 21.0. The molecule has 0 bridgehead atoms. The first-order chi connectivity index (χ1) is 19.4. The second-order valence-corrected chi connectivity index (χ2v) is 9.43. The molecule has 0 saturated carbocycles. The molecule has 0 aliphatic heterocycles. The Hall–Kier alpha value is -5.42. The van der Waals surface area contributed by atoms with Gasteiger partial charge in [-0.1, -0.05) is 48.5 Å². The lowest BCUT2D eigenvalue weighted by Crippen LogP contribution is -2.34. The summed E-state index contributed by atoms with van der Waals surface area (Å²) in [6.45, 7) is 1.90. The summed E-state index contributed by atoms with van der Waals surface area (Å²) in [6, 6.07) is 26.8. The van der Waals surface area contributed by atoms with Crippen molar-refractivity contribution in [2.75, 3.05) is 5.32 Å². The van der Waals surface area contributed by atoms with Gasteiger partial charge in [0.2, 0.25) is 0 Å². The summed E-state index contributed by atoms with van der Waals surface area (Å²) in [5.41, 5.74) is 4.17. The average molecular weight is 549 g/mol. The number of fused-ring (bicyclic) bond motifs is 2. The van der Waals surface area contributed by atoms with Crippen LogP contribution in [-0.4, -0.2) is 30.9 Å². The number of nitrogens with one attached hydrogen (secondary N) is 2. The standard InChI is InChI=1S/C29H20N6O4S/c1-17-14-23-24(33-34(32-23)25-11-5-7-18-6-2-3-10-21(18)25)16-22(17)30-29(40)31-28(36)27-13-12-26(39-27)19-8-4-9-20(15-19)35(37)38/h2-16H,1H3,(H2,30,31,36,40). The van der Waals surface area contributed by atoms with Crippen molar-refractivity contribution in [1.29, 1.82) is 0 Å². The third-order valence-electron chi connectivity index (χ3n) is 6.36. The van der Waals surface area contributed by atoms with Gasteiger partial charge in [0.05, 0.1) is 10.6 Å². The molecule has 0 spiro atoms. The van der Waals surface area contributed by atoms with Gasteiger partial charge in [-0.05, 0) is 60.4 Å². The minimum absolute atomic E-state index is 0.0101. The smallest absolute Gasteiger partial charge is 0.293 e. The molecule has 0 fully saturated rings. The molecule has 0 aliphatic carbocycles. The van der Waals surface area contributed by atoms with Crippen LogP contribution in [0.2, 0.25) is 0 Å². The first-order valence-electron chi connectivity index (χ1n) is 12.2. The Morgan fingerprint density at radius 2 is 1.70 bits per heavy atom. The van der Waals surface area contributed by atoms with Crippen molar-refractivity contribution in [3.8, 4) is 17.0 Å². The summed E-state index contributed by atoms with van der Waals surface area (Å²) in [6.07, 6.45) is 0. The molecular weight excluding hydrogens is 528 g/mol. The van der Waals surface area contributed by atoms with E-state index in [1.54, 1.807) is 23.0 Å². The van der Waals surface area contributed by atoms with Gasteiger partial charge < -0.3 is 9.73 Å². The van der Waals surface area contributed by atoms with Crippen molar-refractivity contribution >= 4 is 56.4 Å².